The first kappa shape index (κ1) is 21.0. The standard InChI is InChI=1S/C26H22N4O2S/c1-31-19-12-10-17(11-13-19)25-24(21-14-15-27-26(28-21)33-3)23-9-5-8-22(30(23)29-25)18-6-4-7-20(16-18)32-2/h4-16H,1-3H3. The lowest BCUT2D eigenvalue weighted by atomic mass is 10.0. The Morgan fingerprint density at radius 1 is 0.818 bits per heavy atom. The van der Waals surface area contributed by atoms with Gasteiger partial charge in [0.2, 0.25) is 0 Å². The van der Waals surface area contributed by atoms with Gasteiger partial charge >= 0.3 is 0 Å². The first-order valence-corrected chi connectivity index (χ1v) is 11.6. The summed E-state index contributed by atoms with van der Waals surface area (Å²) in [7, 11) is 3.34. The summed E-state index contributed by atoms with van der Waals surface area (Å²) in [5.41, 5.74) is 6.57. The molecular weight excluding hydrogens is 432 g/mol. The molecule has 164 valence electrons. The Kier molecular flexibility index (Phi) is 5.71. The van der Waals surface area contributed by atoms with E-state index in [1.807, 2.05) is 65.4 Å². The van der Waals surface area contributed by atoms with Crippen molar-refractivity contribution < 1.29 is 9.47 Å². The Bertz CT molecular complexity index is 1430. The van der Waals surface area contributed by atoms with Crippen molar-refractivity contribution in [3.05, 3.63) is 79.0 Å². The Labute approximate surface area is 196 Å². The van der Waals surface area contributed by atoms with Crippen LogP contribution in [0.25, 0.3) is 39.3 Å². The van der Waals surface area contributed by atoms with E-state index in [0.29, 0.717) is 0 Å². The number of hydrogen-bond acceptors (Lipinski definition) is 6. The number of fused-ring (bicyclic) bond motifs is 1. The Balaban J connectivity index is 1.80. The lowest BCUT2D eigenvalue weighted by molar-refractivity contribution is 0.415. The first-order valence-electron chi connectivity index (χ1n) is 10.4. The second-order valence-electron chi connectivity index (χ2n) is 7.32. The maximum Gasteiger partial charge on any atom is 0.187 e. The molecule has 6 nitrogen and oxygen atoms in total. The number of nitrogens with zero attached hydrogens (tertiary/aromatic N) is 4. The number of methoxy groups -OCH3 is 2. The predicted octanol–water partition coefficient (Wildman–Crippen LogP) is 5.86. The number of pyridine rings is 1. The Morgan fingerprint density at radius 2 is 1.61 bits per heavy atom. The molecule has 5 rings (SSSR count). The maximum absolute atomic E-state index is 5.44. The van der Waals surface area contributed by atoms with Gasteiger partial charge in [0.1, 0.15) is 17.2 Å². The fourth-order valence-corrected chi connectivity index (χ4v) is 4.21. The fraction of sp³-hybridized carbons (Fsp3) is 0.115. The third-order valence-electron chi connectivity index (χ3n) is 5.46. The number of rotatable bonds is 6. The van der Waals surface area contributed by atoms with Crippen molar-refractivity contribution in [2.24, 2.45) is 0 Å². The first-order chi connectivity index (χ1) is 16.2. The quantitative estimate of drug-likeness (QED) is 0.236. The van der Waals surface area contributed by atoms with Crippen LogP contribution < -0.4 is 9.47 Å². The lowest BCUT2D eigenvalue weighted by Crippen LogP contribution is -1.94. The average molecular weight is 455 g/mol. The summed E-state index contributed by atoms with van der Waals surface area (Å²) in [6, 6.07) is 24.0. The summed E-state index contributed by atoms with van der Waals surface area (Å²) >= 11 is 1.52. The number of aromatic nitrogens is 4. The van der Waals surface area contributed by atoms with Gasteiger partial charge in [-0.05, 0) is 60.9 Å². The predicted molar refractivity (Wildman–Crippen MR) is 132 cm³/mol. The van der Waals surface area contributed by atoms with Gasteiger partial charge in [0.05, 0.1) is 36.7 Å². The highest BCUT2D eigenvalue weighted by molar-refractivity contribution is 7.98. The van der Waals surface area contributed by atoms with Gasteiger partial charge in [-0.1, -0.05) is 30.0 Å². The summed E-state index contributed by atoms with van der Waals surface area (Å²) in [4.78, 5) is 9.14. The summed E-state index contributed by atoms with van der Waals surface area (Å²) in [5.74, 6) is 1.60. The molecule has 0 saturated carbocycles. The Hall–Kier alpha value is -3.84. The normalized spacial score (nSPS) is 11.0. The summed E-state index contributed by atoms with van der Waals surface area (Å²) in [5, 5.41) is 5.79. The molecule has 0 saturated heterocycles. The molecule has 0 aliphatic rings. The highest BCUT2D eigenvalue weighted by atomic mass is 32.2. The second-order valence-corrected chi connectivity index (χ2v) is 8.09. The van der Waals surface area contributed by atoms with E-state index in [9.17, 15) is 0 Å². The minimum atomic E-state index is 0.719. The lowest BCUT2D eigenvalue weighted by Gasteiger charge is -2.08. The number of benzene rings is 2. The van der Waals surface area contributed by atoms with Gasteiger partial charge in [0, 0.05) is 17.3 Å². The molecule has 0 amide bonds. The zero-order chi connectivity index (χ0) is 22.8. The van der Waals surface area contributed by atoms with Gasteiger partial charge in [-0.25, -0.2) is 14.5 Å². The molecular formula is C26H22N4O2S. The summed E-state index contributed by atoms with van der Waals surface area (Å²) in [6.07, 6.45) is 3.77. The molecule has 3 heterocycles. The monoisotopic (exact) mass is 454 g/mol. The molecule has 0 aliphatic heterocycles. The minimum Gasteiger partial charge on any atom is -0.497 e. The van der Waals surface area contributed by atoms with Gasteiger partial charge in [0.25, 0.3) is 0 Å². The van der Waals surface area contributed by atoms with E-state index in [0.717, 1.165) is 55.9 Å². The molecule has 0 fully saturated rings. The van der Waals surface area contributed by atoms with Crippen LogP contribution in [0.4, 0.5) is 0 Å². The number of ether oxygens (including phenoxy) is 2. The molecule has 7 heteroatoms. The van der Waals surface area contributed by atoms with Crippen LogP contribution in [0.5, 0.6) is 11.5 Å². The smallest absolute Gasteiger partial charge is 0.187 e. The van der Waals surface area contributed by atoms with Crippen molar-refractivity contribution >= 4 is 17.3 Å². The SMILES string of the molecule is COc1ccc(-c2nn3c(-c4cccc(OC)c4)cccc3c2-c2ccnc(SC)n2)cc1. The van der Waals surface area contributed by atoms with Gasteiger partial charge in [0.15, 0.2) is 5.16 Å². The number of thioether (sulfide) groups is 1. The molecule has 0 atom stereocenters. The summed E-state index contributed by atoms with van der Waals surface area (Å²) in [6.45, 7) is 0. The maximum atomic E-state index is 5.44. The van der Waals surface area contributed by atoms with Crippen LogP contribution >= 0.6 is 11.8 Å². The minimum absolute atomic E-state index is 0.719. The molecule has 0 N–H and O–H groups in total. The van der Waals surface area contributed by atoms with Crippen molar-refractivity contribution in [3.8, 4) is 45.3 Å². The molecule has 0 radical (unpaired) electrons. The zero-order valence-electron chi connectivity index (χ0n) is 18.5. The molecule has 3 aromatic heterocycles. The van der Waals surface area contributed by atoms with E-state index < -0.39 is 0 Å². The zero-order valence-corrected chi connectivity index (χ0v) is 19.3. The second kappa shape index (κ2) is 8.96. The van der Waals surface area contributed by atoms with E-state index >= 15 is 0 Å². The van der Waals surface area contributed by atoms with Crippen LogP contribution in [0.3, 0.4) is 0 Å². The molecule has 2 aromatic carbocycles. The molecule has 0 unspecified atom stereocenters. The van der Waals surface area contributed by atoms with Crippen molar-refractivity contribution in [3.63, 3.8) is 0 Å². The molecule has 0 bridgehead atoms. The van der Waals surface area contributed by atoms with E-state index in [-0.39, 0.29) is 0 Å². The number of hydrogen-bond donors (Lipinski definition) is 0. The van der Waals surface area contributed by atoms with Crippen LogP contribution in [0, 0.1) is 0 Å². The fourth-order valence-electron chi connectivity index (χ4n) is 3.85. The molecule has 5 aromatic rings. The van der Waals surface area contributed by atoms with Gasteiger partial charge in [-0.2, -0.15) is 5.10 Å². The highest BCUT2D eigenvalue weighted by Crippen LogP contribution is 2.37. The third kappa shape index (κ3) is 3.91. The average Bonchev–Trinajstić information content (AvgIpc) is 3.28. The third-order valence-corrected chi connectivity index (χ3v) is 6.02. The highest BCUT2D eigenvalue weighted by Gasteiger charge is 2.20. The van der Waals surface area contributed by atoms with Gasteiger partial charge in [-0.15, -0.1) is 0 Å². The van der Waals surface area contributed by atoms with Crippen LogP contribution in [0.1, 0.15) is 0 Å². The summed E-state index contributed by atoms with van der Waals surface area (Å²) < 4.78 is 12.8. The Morgan fingerprint density at radius 3 is 2.36 bits per heavy atom. The molecule has 0 spiro atoms. The largest absolute Gasteiger partial charge is 0.497 e. The van der Waals surface area contributed by atoms with E-state index in [2.05, 4.69) is 23.2 Å². The van der Waals surface area contributed by atoms with E-state index in [1.165, 1.54) is 11.8 Å². The van der Waals surface area contributed by atoms with Crippen LogP contribution in [-0.2, 0) is 0 Å². The van der Waals surface area contributed by atoms with E-state index in [4.69, 9.17) is 19.6 Å². The van der Waals surface area contributed by atoms with Gasteiger partial charge < -0.3 is 9.47 Å². The van der Waals surface area contributed by atoms with Crippen molar-refractivity contribution in [1.29, 1.82) is 0 Å². The van der Waals surface area contributed by atoms with Crippen LogP contribution in [0.15, 0.2) is 84.1 Å². The van der Waals surface area contributed by atoms with E-state index in [1.54, 1.807) is 20.4 Å². The van der Waals surface area contributed by atoms with Crippen LogP contribution in [-0.4, -0.2) is 40.1 Å². The van der Waals surface area contributed by atoms with Crippen LogP contribution in [0.2, 0.25) is 0 Å². The molecule has 33 heavy (non-hydrogen) atoms. The van der Waals surface area contributed by atoms with Crippen molar-refractivity contribution in [2.45, 2.75) is 5.16 Å². The molecule has 0 aliphatic carbocycles. The van der Waals surface area contributed by atoms with Crippen molar-refractivity contribution in [1.82, 2.24) is 19.6 Å². The van der Waals surface area contributed by atoms with Gasteiger partial charge in [-0.3, -0.25) is 0 Å². The topological polar surface area (TPSA) is 61.5 Å². The van der Waals surface area contributed by atoms with Crippen molar-refractivity contribution in [2.75, 3.05) is 20.5 Å².